The summed E-state index contributed by atoms with van der Waals surface area (Å²) in [7, 11) is 1.71. The van der Waals surface area contributed by atoms with Crippen molar-refractivity contribution in [1.29, 1.82) is 0 Å². The molecule has 4 rings (SSSR count). The van der Waals surface area contributed by atoms with Crippen molar-refractivity contribution in [2.45, 2.75) is 25.8 Å². The highest BCUT2D eigenvalue weighted by molar-refractivity contribution is 5.91. The van der Waals surface area contributed by atoms with Gasteiger partial charge >= 0.3 is 0 Å². The number of benzene rings is 1. The molecule has 8 heteroatoms. The third kappa shape index (κ3) is 3.82. The number of anilines is 1. The molecule has 0 saturated carbocycles. The molecule has 0 fully saturated rings. The van der Waals surface area contributed by atoms with Crippen LogP contribution in [0.15, 0.2) is 47.4 Å². The van der Waals surface area contributed by atoms with Crippen molar-refractivity contribution >= 4 is 22.3 Å². The summed E-state index contributed by atoms with van der Waals surface area (Å²) in [6, 6.07) is 7.87. The summed E-state index contributed by atoms with van der Waals surface area (Å²) in [5.74, 6) is 0.503. The van der Waals surface area contributed by atoms with Crippen molar-refractivity contribution in [3.8, 4) is 0 Å². The number of aromatic nitrogens is 3. The highest BCUT2D eigenvalue weighted by Gasteiger charge is 2.17. The van der Waals surface area contributed by atoms with Gasteiger partial charge < -0.3 is 15.2 Å². The number of hydrogen-bond acceptors (Lipinski definition) is 5. The number of halogens is 2. The molecule has 0 unspecified atom stereocenters. The third-order valence-corrected chi connectivity index (χ3v) is 5.44. The van der Waals surface area contributed by atoms with Gasteiger partial charge in [-0.05, 0) is 43.2 Å². The minimum absolute atomic E-state index is 0.0217. The average Bonchev–Trinajstić information content (AvgIpc) is 2.77. The molecule has 1 aromatic carbocycles. The molecule has 3 heterocycles. The van der Waals surface area contributed by atoms with Gasteiger partial charge in [0, 0.05) is 30.1 Å². The lowest BCUT2D eigenvalue weighted by molar-refractivity contribution is 0.151. The van der Waals surface area contributed by atoms with Crippen LogP contribution < -0.4 is 16.2 Å². The Bertz CT molecular complexity index is 1170. The van der Waals surface area contributed by atoms with E-state index in [9.17, 15) is 13.6 Å². The molecule has 0 radical (unpaired) electrons. The largest absolute Gasteiger partial charge is 0.361 e. The van der Waals surface area contributed by atoms with E-state index in [0.717, 1.165) is 29.5 Å². The first-order chi connectivity index (χ1) is 14.5. The summed E-state index contributed by atoms with van der Waals surface area (Å²) in [6.45, 7) is 3.41. The molecule has 0 saturated heterocycles. The molecule has 0 aliphatic carbocycles. The molecule has 0 bridgehead atoms. The predicted octanol–water partition coefficient (Wildman–Crippen LogP) is 3.82. The fraction of sp³-hybridized carbons (Fsp3) is 0.318. The first kappa shape index (κ1) is 20.2. The summed E-state index contributed by atoms with van der Waals surface area (Å²) >= 11 is 0. The van der Waals surface area contributed by atoms with Gasteiger partial charge in [-0.25, -0.2) is 8.78 Å². The molecule has 30 heavy (non-hydrogen) atoms. The Hall–Kier alpha value is -3.13. The summed E-state index contributed by atoms with van der Waals surface area (Å²) in [5.41, 5.74) is 2.85. The van der Waals surface area contributed by atoms with E-state index in [4.69, 9.17) is 0 Å². The van der Waals surface area contributed by atoms with Gasteiger partial charge in [0.05, 0.1) is 17.8 Å². The summed E-state index contributed by atoms with van der Waals surface area (Å²) < 4.78 is 27.7. The average molecular weight is 411 g/mol. The molecule has 156 valence electrons. The van der Waals surface area contributed by atoms with E-state index in [-0.39, 0.29) is 17.2 Å². The van der Waals surface area contributed by atoms with Crippen molar-refractivity contribution in [3.05, 3.63) is 69.6 Å². The number of hydrogen-bond donors (Lipinski definition) is 2. The second-order valence-corrected chi connectivity index (χ2v) is 7.45. The molecule has 3 aromatic rings. The highest BCUT2D eigenvalue weighted by Crippen LogP contribution is 2.28. The Balaban J connectivity index is 1.76. The van der Waals surface area contributed by atoms with Crippen LogP contribution in [0.5, 0.6) is 0 Å². The Morgan fingerprint density at radius 2 is 2.03 bits per heavy atom. The first-order valence-electron chi connectivity index (χ1n) is 9.86. The van der Waals surface area contributed by atoms with E-state index in [0.29, 0.717) is 23.4 Å². The Morgan fingerprint density at radius 1 is 1.23 bits per heavy atom. The van der Waals surface area contributed by atoms with Gasteiger partial charge in [-0.15, -0.1) is 5.10 Å². The molecule has 6 nitrogen and oxygen atoms in total. The Labute approximate surface area is 172 Å². The molecule has 2 aromatic heterocycles. The topological polar surface area (TPSA) is 71.8 Å². The highest BCUT2D eigenvalue weighted by atomic mass is 19.3. The van der Waals surface area contributed by atoms with Crippen molar-refractivity contribution < 1.29 is 8.78 Å². The second-order valence-electron chi connectivity index (χ2n) is 7.45. The summed E-state index contributed by atoms with van der Waals surface area (Å²) in [4.78, 5) is 12.9. The van der Waals surface area contributed by atoms with E-state index < -0.39 is 6.43 Å². The van der Waals surface area contributed by atoms with Gasteiger partial charge in [-0.2, -0.15) is 5.10 Å². The Morgan fingerprint density at radius 3 is 2.77 bits per heavy atom. The lowest BCUT2D eigenvalue weighted by Crippen LogP contribution is -2.27. The number of rotatable bonds is 5. The smallest absolute Gasteiger partial charge is 0.263 e. The van der Waals surface area contributed by atoms with Crippen molar-refractivity contribution in [2.75, 3.05) is 18.4 Å². The number of nitrogens with one attached hydrogen (secondary N) is 2. The first-order valence-corrected chi connectivity index (χ1v) is 9.86. The monoisotopic (exact) mass is 411 g/mol. The van der Waals surface area contributed by atoms with Crippen LogP contribution in [0.25, 0.3) is 16.5 Å². The van der Waals surface area contributed by atoms with Gasteiger partial charge in [-0.3, -0.25) is 4.79 Å². The van der Waals surface area contributed by atoms with Gasteiger partial charge in [-0.1, -0.05) is 24.3 Å². The summed E-state index contributed by atoms with van der Waals surface area (Å²) in [6.07, 6.45) is 1.98. The minimum Gasteiger partial charge on any atom is -0.361 e. The van der Waals surface area contributed by atoms with Crippen LogP contribution in [0.2, 0.25) is 0 Å². The molecule has 1 aliphatic rings. The fourth-order valence-electron chi connectivity index (χ4n) is 3.73. The van der Waals surface area contributed by atoms with Crippen LogP contribution in [-0.2, 0) is 7.05 Å². The molecule has 1 atom stereocenters. The maximum absolute atomic E-state index is 13.1. The van der Waals surface area contributed by atoms with Crippen LogP contribution in [0.3, 0.4) is 0 Å². The lowest BCUT2D eigenvalue weighted by Gasteiger charge is -2.19. The van der Waals surface area contributed by atoms with E-state index in [2.05, 4.69) is 26.9 Å². The van der Waals surface area contributed by atoms with E-state index in [1.54, 1.807) is 29.9 Å². The predicted molar refractivity (Wildman–Crippen MR) is 114 cm³/mol. The van der Waals surface area contributed by atoms with Crippen molar-refractivity contribution in [2.24, 2.45) is 7.05 Å². The molecule has 0 amide bonds. The number of alkyl halides is 2. The fourth-order valence-corrected chi connectivity index (χ4v) is 3.73. The zero-order valence-electron chi connectivity index (χ0n) is 16.8. The zero-order chi connectivity index (χ0) is 21.3. The number of aryl methyl sites for hydroxylation is 1. The van der Waals surface area contributed by atoms with E-state index >= 15 is 0 Å². The molecule has 2 N–H and O–H groups in total. The van der Waals surface area contributed by atoms with Crippen LogP contribution in [-0.4, -0.2) is 27.9 Å². The SMILES string of the molecule is C[C@@H](Nc1nncc2c1cc(C1=CCCNC1)c(=O)n2C)c1cccc(C(F)F)c1. The van der Waals surface area contributed by atoms with Gasteiger partial charge in [0.2, 0.25) is 0 Å². The maximum atomic E-state index is 13.1. The van der Waals surface area contributed by atoms with E-state index in [1.807, 2.05) is 13.0 Å². The third-order valence-electron chi connectivity index (χ3n) is 5.44. The second kappa shape index (κ2) is 8.31. The summed E-state index contributed by atoms with van der Waals surface area (Å²) in [5, 5.41) is 15.6. The standard InChI is InChI=1S/C22H23F2N5O/c1-13(14-5-3-6-15(9-14)20(23)24)27-21-18-10-17(16-7-4-8-25-11-16)22(30)29(2)19(18)12-26-28-21/h3,5-7,9-10,12-13,20,25H,4,8,11H2,1-2H3,(H,27,28)/t13-/m1/s1. The van der Waals surface area contributed by atoms with Crippen molar-refractivity contribution in [1.82, 2.24) is 20.1 Å². The van der Waals surface area contributed by atoms with Gasteiger partial charge in [0.15, 0.2) is 5.82 Å². The Kier molecular flexibility index (Phi) is 5.59. The van der Waals surface area contributed by atoms with Crippen LogP contribution >= 0.6 is 0 Å². The zero-order valence-corrected chi connectivity index (χ0v) is 16.8. The van der Waals surface area contributed by atoms with Crippen LogP contribution in [0.4, 0.5) is 14.6 Å². The normalized spacial score (nSPS) is 15.3. The van der Waals surface area contributed by atoms with Crippen molar-refractivity contribution in [3.63, 3.8) is 0 Å². The molecule has 0 spiro atoms. The lowest BCUT2D eigenvalue weighted by atomic mass is 10.0. The molecular formula is C22H23F2N5O. The van der Waals surface area contributed by atoms with E-state index in [1.165, 1.54) is 12.1 Å². The number of pyridine rings is 1. The molecule has 1 aliphatic heterocycles. The number of nitrogens with zero attached hydrogens (tertiary/aromatic N) is 3. The maximum Gasteiger partial charge on any atom is 0.263 e. The minimum atomic E-state index is -2.52. The van der Waals surface area contributed by atoms with Crippen LogP contribution in [0, 0.1) is 0 Å². The van der Waals surface area contributed by atoms with Crippen LogP contribution in [0.1, 0.15) is 42.5 Å². The quantitative estimate of drug-likeness (QED) is 0.668. The number of fused-ring (bicyclic) bond motifs is 1. The van der Waals surface area contributed by atoms with Gasteiger partial charge in [0.1, 0.15) is 0 Å². The van der Waals surface area contributed by atoms with Gasteiger partial charge in [0.25, 0.3) is 12.0 Å². The molecular weight excluding hydrogens is 388 g/mol.